The van der Waals surface area contributed by atoms with Gasteiger partial charge in [-0.2, -0.15) is 5.10 Å². The summed E-state index contributed by atoms with van der Waals surface area (Å²) in [5, 5.41) is 13.7. The average Bonchev–Trinajstić information content (AvgIpc) is 2.79. The van der Waals surface area contributed by atoms with Gasteiger partial charge in [-0.1, -0.05) is 20.8 Å². The van der Waals surface area contributed by atoms with Crippen molar-refractivity contribution in [1.29, 1.82) is 0 Å². The molecule has 0 radical (unpaired) electrons. The number of anilines is 1. The van der Waals surface area contributed by atoms with Crippen molar-refractivity contribution < 1.29 is 9.90 Å². The van der Waals surface area contributed by atoms with E-state index in [-0.39, 0.29) is 18.0 Å². The number of aliphatic carboxylic acids is 1. The Hall–Kier alpha value is -2.11. The molecule has 0 saturated carbocycles. The van der Waals surface area contributed by atoms with E-state index < -0.39 is 5.97 Å². The molecule has 21 heavy (non-hydrogen) atoms. The van der Waals surface area contributed by atoms with Gasteiger partial charge in [0.05, 0.1) is 5.69 Å². The van der Waals surface area contributed by atoms with Crippen molar-refractivity contribution in [2.24, 2.45) is 0 Å². The quantitative estimate of drug-likeness (QED) is 0.935. The first-order valence-electron chi connectivity index (χ1n) is 7.03. The van der Waals surface area contributed by atoms with Crippen molar-refractivity contribution in [2.75, 3.05) is 11.4 Å². The van der Waals surface area contributed by atoms with Crippen LogP contribution in [0.5, 0.6) is 0 Å². The number of aromatic nitrogens is 3. The molecule has 0 aliphatic carbocycles. The normalized spacial score (nSPS) is 12.1. The third kappa shape index (κ3) is 3.15. The van der Waals surface area contributed by atoms with Crippen LogP contribution in [0.25, 0.3) is 5.52 Å². The molecule has 2 aromatic heterocycles. The predicted octanol–water partition coefficient (Wildman–Crippen LogP) is 2.33. The molecule has 114 valence electrons. The van der Waals surface area contributed by atoms with Crippen molar-refractivity contribution in [3.05, 3.63) is 24.2 Å². The Labute approximate surface area is 124 Å². The highest BCUT2D eigenvalue weighted by atomic mass is 16.4. The Kier molecular flexibility index (Phi) is 3.89. The van der Waals surface area contributed by atoms with Gasteiger partial charge in [0.1, 0.15) is 12.1 Å². The Morgan fingerprint density at radius 3 is 2.62 bits per heavy atom. The molecule has 6 heteroatoms. The van der Waals surface area contributed by atoms with Crippen LogP contribution in [0.15, 0.2) is 18.5 Å². The minimum Gasteiger partial charge on any atom is -0.480 e. The molecule has 0 aromatic carbocycles. The minimum absolute atomic E-state index is 0.0350. The van der Waals surface area contributed by atoms with Crippen LogP contribution >= 0.6 is 0 Å². The van der Waals surface area contributed by atoms with E-state index in [0.29, 0.717) is 5.82 Å². The smallest absolute Gasteiger partial charge is 0.323 e. The van der Waals surface area contributed by atoms with E-state index in [9.17, 15) is 4.79 Å². The average molecular weight is 290 g/mol. The third-order valence-corrected chi connectivity index (χ3v) is 3.34. The molecule has 1 N–H and O–H groups in total. The Morgan fingerprint density at radius 2 is 2.10 bits per heavy atom. The maximum absolute atomic E-state index is 11.1. The van der Waals surface area contributed by atoms with Gasteiger partial charge in [0.15, 0.2) is 5.82 Å². The summed E-state index contributed by atoms with van der Waals surface area (Å²) in [6, 6.07) is 2.02. The summed E-state index contributed by atoms with van der Waals surface area (Å²) in [4.78, 5) is 17.2. The molecule has 6 nitrogen and oxygen atoms in total. The van der Waals surface area contributed by atoms with Gasteiger partial charge in [0, 0.05) is 23.9 Å². The van der Waals surface area contributed by atoms with Gasteiger partial charge in [0.2, 0.25) is 0 Å². The molecule has 0 unspecified atom stereocenters. The molecule has 0 aliphatic heterocycles. The summed E-state index contributed by atoms with van der Waals surface area (Å²) >= 11 is 0. The standard InChI is InChI=1S/C15H22N4O2/c1-10(2)18(9-13(20)21)14-11-8-12(15(3,4)5)17-19(11)7-6-16-14/h6-8,10H,9H2,1-5H3,(H,20,21). The maximum atomic E-state index is 11.1. The van der Waals surface area contributed by atoms with Gasteiger partial charge in [0.25, 0.3) is 0 Å². The van der Waals surface area contributed by atoms with E-state index in [2.05, 4.69) is 30.9 Å². The van der Waals surface area contributed by atoms with Crippen molar-refractivity contribution in [3.63, 3.8) is 0 Å². The topological polar surface area (TPSA) is 70.7 Å². The van der Waals surface area contributed by atoms with E-state index in [1.807, 2.05) is 19.9 Å². The molecule has 0 spiro atoms. The molecule has 2 heterocycles. The Bertz CT molecular complexity index is 655. The van der Waals surface area contributed by atoms with Gasteiger partial charge in [-0.15, -0.1) is 0 Å². The van der Waals surface area contributed by atoms with Crippen LogP contribution in [0.3, 0.4) is 0 Å². The maximum Gasteiger partial charge on any atom is 0.323 e. The predicted molar refractivity (Wildman–Crippen MR) is 81.8 cm³/mol. The minimum atomic E-state index is -0.872. The second kappa shape index (κ2) is 5.35. The number of hydrogen-bond donors (Lipinski definition) is 1. The summed E-state index contributed by atoms with van der Waals surface area (Å²) in [5.41, 5.74) is 1.71. The number of rotatable bonds is 4. The Balaban J connectivity index is 2.57. The van der Waals surface area contributed by atoms with Crippen LogP contribution in [0.1, 0.15) is 40.3 Å². The molecule has 0 fully saturated rings. The lowest BCUT2D eigenvalue weighted by Crippen LogP contribution is -2.36. The first kappa shape index (κ1) is 15.3. The fraction of sp³-hybridized carbons (Fsp3) is 0.533. The summed E-state index contributed by atoms with van der Waals surface area (Å²) in [6.07, 6.45) is 3.44. The zero-order valence-corrected chi connectivity index (χ0v) is 13.2. The highest BCUT2D eigenvalue weighted by Gasteiger charge is 2.22. The molecule has 0 atom stereocenters. The van der Waals surface area contributed by atoms with E-state index in [1.165, 1.54) is 0 Å². The summed E-state index contributed by atoms with van der Waals surface area (Å²) < 4.78 is 1.76. The lowest BCUT2D eigenvalue weighted by Gasteiger charge is -2.26. The molecule has 2 rings (SSSR count). The highest BCUT2D eigenvalue weighted by Crippen LogP contribution is 2.26. The van der Waals surface area contributed by atoms with Crippen LogP contribution in [-0.2, 0) is 10.2 Å². The molecule has 0 bridgehead atoms. The zero-order valence-electron chi connectivity index (χ0n) is 13.2. The fourth-order valence-corrected chi connectivity index (χ4v) is 2.14. The van der Waals surface area contributed by atoms with Gasteiger partial charge >= 0.3 is 5.97 Å². The van der Waals surface area contributed by atoms with Gasteiger partial charge in [-0.3, -0.25) is 4.79 Å². The molecule has 0 aliphatic rings. The first-order valence-corrected chi connectivity index (χ1v) is 7.03. The highest BCUT2D eigenvalue weighted by molar-refractivity contribution is 5.78. The van der Waals surface area contributed by atoms with Crippen LogP contribution < -0.4 is 4.90 Å². The SMILES string of the molecule is CC(C)N(CC(=O)O)c1nccn2nc(C(C)(C)C)cc12. The monoisotopic (exact) mass is 290 g/mol. The van der Waals surface area contributed by atoms with Crippen molar-refractivity contribution >= 4 is 17.3 Å². The second-order valence-corrected chi connectivity index (χ2v) is 6.48. The van der Waals surface area contributed by atoms with Crippen LogP contribution in [0.4, 0.5) is 5.82 Å². The van der Waals surface area contributed by atoms with E-state index in [0.717, 1.165) is 11.2 Å². The second-order valence-electron chi connectivity index (χ2n) is 6.48. The van der Waals surface area contributed by atoms with Crippen LogP contribution in [0, 0.1) is 0 Å². The number of carbonyl (C=O) groups is 1. The van der Waals surface area contributed by atoms with Crippen molar-refractivity contribution in [3.8, 4) is 0 Å². The lowest BCUT2D eigenvalue weighted by atomic mass is 9.92. The molecular formula is C15H22N4O2. The number of nitrogens with zero attached hydrogens (tertiary/aromatic N) is 4. The fourth-order valence-electron chi connectivity index (χ4n) is 2.14. The van der Waals surface area contributed by atoms with Gasteiger partial charge < -0.3 is 10.0 Å². The lowest BCUT2D eigenvalue weighted by molar-refractivity contribution is -0.135. The number of hydrogen-bond acceptors (Lipinski definition) is 4. The van der Waals surface area contributed by atoms with E-state index in [4.69, 9.17) is 5.11 Å². The Morgan fingerprint density at radius 1 is 1.43 bits per heavy atom. The molecule has 0 saturated heterocycles. The van der Waals surface area contributed by atoms with E-state index in [1.54, 1.807) is 21.8 Å². The number of carboxylic acids is 1. The van der Waals surface area contributed by atoms with Crippen LogP contribution in [-0.4, -0.2) is 38.3 Å². The summed E-state index contributed by atoms with van der Waals surface area (Å²) in [7, 11) is 0. The summed E-state index contributed by atoms with van der Waals surface area (Å²) in [5.74, 6) is -0.221. The third-order valence-electron chi connectivity index (χ3n) is 3.34. The molecule has 2 aromatic rings. The van der Waals surface area contributed by atoms with Crippen molar-refractivity contribution in [1.82, 2.24) is 14.6 Å². The molecule has 0 amide bonds. The largest absolute Gasteiger partial charge is 0.480 e. The van der Waals surface area contributed by atoms with Gasteiger partial charge in [-0.25, -0.2) is 9.50 Å². The van der Waals surface area contributed by atoms with Gasteiger partial charge in [-0.05, 0) is 19.9 Å². The number of fused-ring (bicyclic) bond motifs is 1. The van der Waals surface area contributed by atoms with Crippen molar-refractivity contribution in [2.45, 2.75) is 46.1 Å². The van der Waals surface area contributed by atoms with E-state index >= 15 is 0 Å². The summed E-state index contributed by atoms with van der Waals surface area (Å²) in [6.45, 7) is 10.1. The van der Waals surface area contributed by atoms with Crippen LogP contribution in [0.2, 0.25) is 0 Å². The molecular weight excluding hydrogens is 268 g/mol. The zero-order chi connectivity index (χ0) is 15.8. The number of carboxylic acid groups (broad SMARTS) is 1. The first-order chi connectivity index (χ1) is 9.70.